The molecule has 0 aromatic heterocycles. The summed E-state index contributed by atoms with van der Waals surface area (Å²) in [5.41, 5.74) is 0. The highest BCUT2D eigenvalue weighted by molar-refractivity contribution is 5.67. The van der Waals surface area contributed by atoms with E-state index in [1.165, 1.54) is 12.1 Å². The van der Waals surface area contributed by atoms with Gasteiger partial charge in [-0.1, -0.05) is 0 Å². The van der Waals surface area contributed by atoms with Gasteiger partial charge in [-0.25, -0.2) is 9.18 Å². The maximum Gasteiger partial charge on any atom is 0.409 e. The Kier molecular flexibility index (Phi) is 5.80. The molecule has 1 aromatic rings. The molecule has 0 spiro atoms. The van der Waals surface area contributed by atoms with Crippen molar-refractivity contribution in [3.05, 3.63) is 30.1 Å². The van der Waals surface area contributed by atoms with Crippen molar-refractivity contribution in [3.63, 3.8) is 0 Å². The second-order valence-corrected chi connectivity index (χ2v) is 4.83. The van der Waals surface area contributed by atoms with Crippen LogP contribution in [0.4, 0.5) is 9.18 Å². The predicted molar refractivity (Wildman–Crippen MR) is 76.9 cm³/mol. The molecule has 116 valence electrons. The summed E-state index contributed by atoms with van der Waals surface area (Å²) in [5.74, 6) is 0.402. The highest BCUT2D eigenvalue weighted by atomic mass is 19.1. The first kappa shape index (κ1) is 15.6. The number of ether oxygens (including phenoxy) is 2. The van der Waals surface area contributed by atoms with Gasteiger partial charge < -0.3 is 14.4 Å². The van der Waals surface area contributed by atoms with Crippen molar-refractivity contribution in [2.24, 2.45) is 0 Å². The fourth-order valence-corrected chi connectivity index (χ4v) is 2.19. The third-order valence-electron chi connectivity index (χ3n) is 3.39. The van der Waals surface area contributed by atoms with Gasteiger partial charge in [-0.2, -0.15) is 0 Å². The van der Waals surface area contributed by atoms with Crippen molar-refractivity contribution >= 4 is 6.09 Å². The van der Waals surface area contributed by atoms with Crippen LogP contribution in [0, 0.1) is 5.82 Å². The lowest BCUT2D eigenvalue weighted by Gasteiger charge is -2.33. The molecule has 5 nitrogen and oxygen atoms in total. The van der Waals surface area contributed by atoms with Crippen LogP contribution in [0.15, 0.2) is 24.3 Å². The normalized spacial score (nSPS) is 15.8. The van der Waals surface area contributed by atoms with Crippen LogP contribution in [0.5, 0.6) is 5.75 Å². The average molecular weight is 296 g/mol. The van der Waals surface area contributed by atoms with E-state index in [1.54, 1.807) is 24.0 Å². The van der Waals surface area contributed by atoms with Crippen LogP contribution in [-0.4, -0.2) is 61.8 Å². The summed E-state index contributed by atoms with van der Waals surface area (Å²) >= 11 is 0. The van der Waals surface area contributed by atoms with Gasteiger partial charge in [0.15, 0.2) is 0 Å². The van der Waals surface area contributed by atoms with Gasteiger partial charge in [-0.05, 0) is 31.2 Å². The van der Waals surface area contributed by atoms with Crippen LogP contribution in [0.25, 0.3) is 0 Å². The van der Waals surface area contributed by atoms with Gasteiger partial charge in [0.2, 0.25) is 0 Å². The minimum atomic E-state index is -0.266. The molecule has 1 amide bonds. The summed E-state index contributed by atoms with van der Waals surface area (Å²) in [6.45, 7) is 6.52. The Morgan fingerprint density at radius 1 is 1.19 bits per heavy atom. The number of amides is 1. The largest absolute Gasteiger partial charge is 0.492 e. The fourth-order valence-electron chi connectivity index (χ4n) is 2.19. The predicted octanol–water partition coefficient (Wildman–Crippen LogP) is 1.98. The monoisotopic (exact) mass is 296 g/mol. The number of piperazine rings is 1. The number of hydrogen-bond acceptors (Lipinski definition) is 4. The van der Waals surface area contributed by atoms with E-state index >= 15 is 0 Å². The SMILES string of the molecule is CCOC(=O)N1CCN(CCOc2ccc(F)cc2)CC1. The molecular weight excluding hydrogens is 275 g/mol. The van der Waals surface area contributed by atoms with Crippen molar-refractivity contribution in [1.82, 2.24) is 9.80 Å². The minimum Gasteiger partial charge on any atom is -0.492 e. The van der Waals surface area contributed by atoms with E-state index in [9.17, 15) is 9.18 Å². The molecule has 0 saturated carbocycles. The van der Waals surface area contributed by atoms with Crippen molar-refractivity contribution in [1.29, 1.82) is 0 Å². The van der Waals surface area contributed by atoms with Crippen LogP contribution in [0.2, 0.25) is 0 Å². The van der Waals surface area contributed by atoms with E-state index in [-0.39, 0.29) is 11.9 Å². The standard InChI is InChI=1S/C15H21FN2O3/c1-2-20-15(19)18-9-7-17(8-10-18)11-12-21-14-5-3-13(16)4-6-14/h3-6H,2,7-12H2,1H3. The third kappa shape index (κ3) is 4.90. The first-order valence-corrected chi connectivity index (χ1v) is 7.21. The van der Waals surface area contributed by atoms with Crippen LogP contribution in [-0.2, 0) is 4.74 Å². The van der Waals surface area contributed by atoms with Crippen LogP contribution in [0.3, 0.4) is 0 Å². The Labute approximate surface area is 124 Å². The Bertz CT molecular complexity index is 445. The van der Waals surface area contributed by atoms with Gasteiger partial charge in [0.05, 0.1) is 6.61 Å². The topological polar surface area (TPSA) is 42.0 Å². The molecule has 1 aliphatic rings. The Hall–Kier alpha value is -1.82. The molecule has 0 atom stereocenters. The summed E-state index contributed by atoms with van der Waals surface area (Å²) in [4.78, 5) is 15.5. The van der Waals surface area contributed by atoms with Gasteiger partial charge in [0, 0.05) is 32.7 Å². The molecule has 0 aliphatic carbocycles. The lowest BCUT2D eigenvalue weighted by Crippen LogP contribution is -2.49. The van der Waals surface area contributed by atoms with Crippen molar-refractivity contribution in [2.75, 3.05) is 45.9 Å². The second kappa shape index (κ2) is 7.83. The van der Waals surface area contributed by atoms with Gasteiger partial charge in [-0.15, -0.1) is 0 Å². The lowest BCUT2D eigenvalue weighted by molar-refractivity contribution is 0.0757. The highest BCUT2D eigenvalue weighted by Gasteiger charge is 2.21. The number of halogens is 1. The molecule has 1 aliphatic heterocycles. The van der Waals surface area contributed by atoms with Crippen LogP contribution in [0.1, 0.15) is 6.92 Å². The molecule has 0 N–H and O–H groups in total. The molecule has 1 aromatic carbocycles. The summed E-state index contributed by atoms with van der Waals surface area (Å²) in [6.07, 6.45) is -0.236. The number of carbonyl (C=O) groups excluding carboxylic acids is 1. The second-order valence-electron chi connectivity index (χ2n) is 4.83. The molecule has 6 heteroatoms. The smallest absolute Gasteiger partial charge is 0.409 e. The molecule has 1 saturated heterocycles. The summed E-state index contributed by atoms with van der Waals surface area (Å²) in [6, 6.07) is 6.00. The molecular formula is C15H21FN2O3. The van der Waals surface area contributed by atoms with E-state index in [0.29, 0.717) is 32.1 Å². The third-order valence-corrected chi connectivity index (χ3v) is 3.39. The molecule has 1 heterocycles. The number of nitrogens with zero attached hydrogens (tertiary/aromatic N) is 2. The Balaban J connectivity index is 1.65. The van der Waals surface area contributed by atoms with Crippen LogP contribution >= 0.6 is 0 Å². The Morgan fingerprint density at radius 3 is 2.48 bits per heavy atom. The van der Waals surface area contributed by atoms with Gasteiger partial charge in [0.1, 0.15) is 18.2 Å². The van der Waals surface area contributed by atoms with E-state index in [0.717, 1.165) is 19.6 Å². The van der Waals surface area contributed by atoms with Crippen molar-refractivity contribution in [2.45, 2.75) is 6.92 Å². The Morgan fingerprint density at radius 2 is 1.86 bits per heavy atom. The van der Waals surface area contributed by atoms with Crippen molar-refractivity contribution < 1.29 is 18.7 Å². The average Bonchev–Trinajstić information content (AvgIpc) is 2.50. The van der Waals surface area contributed by atoms with E-state index in [2.05, 4.69) is 4.90 Å². The lowest BCUT2D eigenvalue weighted by atomic mass is 10.3. The van der Waals surface area contributed by atoms with Crippen molar-refractivity contribution in [3.8, 4) is 5.75 Å². The van der Waals surface area contributed by atoms with E-state index in [4.69, 9.17) is 9.47 Å². The highest BCUT2D eigenvalue weighted by Crippen LogP contribution is 2.11. The molecule has 0 unspecified atom stereocenters. The summed E-state index contributed by atoms with van der Waals surface area (Å²) in [7, 11) is 0. The zero-order valence-electron chi connectivity index (χ0n) is 12.3. The first-order valence-electron chi connectivity index (χ1n) is 7.21. The molecule has 2 rings (SSSR count). The first-order chi connectivity index (χ1) is 10.2. The fraction of sp³-hybridized carbons (Fsp3) is 0.533. The van der Waals surface area contributed by atoms with Gasteiger partial charge in [0.25, 0.3) is 0 Å². The molecule has 21 heavy (non-hydrogen) atoms. The maximum atomic E-state index is 12.8. The number of carbonyl (C=O) groups is 1. The maximum absolute atomic E-state index is 12.8. The van der Waals surface area contributed by atoms with E-state index < -0.39 is 0 Å². The summed E-state index contributed by atoms with van der Waals surface area (Å²) < 4.78 is 23.3. The molecule has 0 bridgehead atoms. The zero-order chi connectivity index (χ0) is 15.1. The number of hydrogen-bond donors (Lipinski definition) is 0. The quantitative estimate of drug-likeness (QED) is 0.833. The van der Waals surface area contributed by atoms with E-state index in [1.807, 2.05) is 0 Å². The van der Waals surface area contributed by atoms with Gasteiger partial charge >= 0.3 is 6.09 Å². The van der Waals surface area contributed by atoms with Gasteiger partial charge in [-0.3, -0.25) is 4.90 Å². The molecule has 0 radical (unpaired) electrons. The minimum absolute atomic E-state index is 0.236. The summed E-state index contributed by atoms with van der Waals surface area (Å²) in [5, 5.41) is 0. The number of rotatable bonds is 5. The van der Waals surface area contributed by atoms with Crippen LogP contribution < -0.4 is 4.74 Å². The molecule has 1 fully saturated rings. The number of benzene rings is 1. The zero-order valence-corrected chi connectivity index (χ0v) is 12.3.